The minimum absolute atomic E-state index is 0.147. The van der Waals surface area contributed by atoms with E-state index < -0.39 is 10.0 Å². The molecule has 1 aliphatic heterocycles. The Hall–Kier alpha value is -3.17. The Morgan fingerprint density at radius 2 is 1.83 bits per heavy atom. The minimum atomic E-state index is -3.77. The average molecular weight is 411 g/mol. The molecule has 3 aromatic rings. The number of hydrogen-bond acceptors (Lipinski definition) is 7. The van der Waals surface area contributed by atoms with Gasteiger partial charge in [0, 0.05) is 12.2 Å². The molecular weight excluding hydrogens is 388 g/mol. The van der Waals surface area contributed by atoms with E-state index in [0.29, 0.717) is 5.82 Å². The molecule has 150 valence electrons. The van der Waals surface area contributed by atoms with Crippen LogP contribution in [0.4, 0.5) is 23.0 Å². The van der Waals surface area contributed by atoms with Gasteiger partial charge in [-0.15, -0.1) is 4.83 Å². The van der Waals surface area contributed by atoms with Crippen LogP contribution in [0.2, 0.25) is 0 Å². The first kappa shape index (κ1) is 19.2. The van der Waals surface area contributed by atoms with Crippen molar-refractivity contribution in [3.63, 3.8) is 0 Å². The van der Waals surface area contributed by atoms with Gasteiger partial charge in [0.1, 0.15) is 12.0 Å². The predicted molar refractivity (Wildman–Crippen MR) is 113 cm³/mol. The summed E-state index contributed by atoms with van der Waals surface area (Å²) in [6.07, 6.45) is 3.34. The molecule has 8 nitrogen and oxygen atoms in total. The number of para-hydroxylation sites is 1. The average Bonchev–Trinajstić information content (AvgIpc) is 2.73. The number of nitrogen functional groups attached to an aromatic ring is 1. The number of hydrazine groups is 1. The third kappa shape index (κ3) is 3.87. The largest absolute Gasteiger partial charge is 0.393 e. The molecule has 0 spiro atoms. The lowest BCUT2D eigenvalue weighted by Gasteiger charge is -2.31. The summed E-state index contributed by atoms with van der Waals surface area (Å²) in [4.78, 5) is 13.0. The van der Waals surface area contributed by atoms with Crippen LogP contribution >= 0.6 is 0 Å². The molecule has 0 radical (unpaired) electrons. The SMILES string of the molecule is Cc1ccc(S(=O)(=O)NNc2ncnc(N3CCCc4ccccc43)c2N)cc1. The van der Waals surface area contributed by atoms with E-state index in [2.05, 4.69) is 26.3 Å². The maximum absolute atomic E-state index is 12.5. The normalized spacial score (nSPS) is 13.8. The lowest BCUT2D eigenvalue weighted by Crippen LogP contribution is -2.31. The van der Waals surface area contributed by atoms with Gasteiger partial charge in [0.05, 0.1) is 4.90 Å². The molecule has 4 rings (SSSR count). The number of benzene rings is 2. The van der Waals surface area contributed by atoms with E-state index in [1.165, 1.54) is 11.9 Å². The number of anilines is 4. The summed E-state index contributed by atoms with van der Waals surface area (Å²) < 4.78 is 25.0. The standard InChI is InChI=1S/C20H22N6O2S/c1-14-8-10-16(11-9-14)29(27,28)25-24-19-18(21)20(23-13-22-19)26-12-4-6-15-5-2-3-7-17(15)26/h2-3,5,7-11,13,25H,4,6,12,21H2,1H3,(H,22,23,24). The fourth-order valence-corrected chi connectivity index (χ4v) is 4.19. The summed E-state index contributed by atoms with van der Waals surface area (Å²) in [5, 5.41) is 0. The molecule has 2 aromatic carbocycles. The first-order chi connectivity index (χ1) is 14.0. The molecule has 1 aliphatic rings. The van der Waals surface area contributed by atoms with E-state index in [1.54, 1.807) is 24.3 Å². The number of nitrogens with two attached hydrogens (primary N) is 1. The van der Waals surface area contributed by atoms with E-state index in [1.807, 2.05) is 30.0 Å². The van der Waals surface area contributed by atoms with Gasteiger partial charge in [0.2, 0.25) is 0 Å². The van der Waals surface area contributed by atoms with Crippen molar-refractivity contribution >= 4 is 33.0 Å². The number of aromatic nitrogens is 2. The summed E-state index contributed by atoms with van der Waals surface area (Å²) >= 11 is 0. The zero-order chi connectivity index (χ0) is 20.4. The smallest absolute Gasteiger partial charge is 0.257 e. The summed E-state index contributed by atoms with van der Waals surface area (Å²) in [6.45, 7) is 2.66. The Labute approximate surface area is 169 Å². The van der Waals surface area contributed by atoms with Gasteiger partial charge in [-0.1, -0.05) is 35.9 Å². The molecular formula is C20H22N6O2S. The molecule has 4 N–H and O–H groups in total. The van der Waals surface area contributed by atoms with Crippen molar-refractivity contribution in [1.82, 2.24) is 14.8 Å². The monoisotopic (exact) mass is 410 g/mol. The van der Waals surface area contributed by atoms with Gasteiger partial charge in [-0.2, -0.15) is 0 Å². The molecule has 0 bridgehead atoms. The number of fused-ring (bicyclic) bond motifs is 1. The van der Waals surface area contributed by atoms with Crippen molar-refractivity contribution in [2.45, 2.75) is 24.7 Å². The second-order valence-electron chi connectivity index (χ2n) is 6.89. The second-order valence-corrected chi connectivity index (χ2v) is 8.57. The molecule has 0 atom stereocenters. The third-order valence-electron chi connectivity index (χ3n) is 4.86. The van der Waals surface area contributed by atoms with Gasteiger partial charge >= 0.3 is 0 Å². The van der Waals surface area contributed by atoms with E-state index >= 15 is 0 Å². The van der Waals surface area contributed by atoms with Crippen LogP contribution in [0, 0.1) is 6.92 Å². The maximum atomic E-state index is 12.5. The minimum Gasteiger partial charge on any atom is -0.393 e. The number of nitrogens with one attached hydrogen (secondary N) is 2. The molecule has 1 aromatic heterocycles. The molecule has 2 heterocycles. The highest BCUT2D eigenvalue weighted by molar-refractivity contribution is 7.89. The first-order valence-corrected chi connectivity index (χ1v) is 10.7. The molecule has 0 fully saturated rings. The number of nitrogens with zero attached hydrogens (tertiary/aromatic N) is 3. The number of hydrogen-bond donors (Lipinski definition) is 3. The van der Waals surface area contributed by atoms with Crippen LogP contribution in [0.5, 0.6) is 0 Å². The Balaban J connectivity index is 1.59. The fraction of sp³-hybridized carbons (Fsp3) is 0.200. The second kappa shape index (κ2) is 7.69. The van der Waals surface area contributed by atoms with Gasteiger partial charge in [-0.3, -0.25) is 5.43 Å². The molecule has 0 unspecified atom stereocenters. The van der Waals surface area contributed by atoms with E-state index in [0.717, 1.165) is 30.6 Å². The van der Waals surface area contributed by atoms with Crippen LogP contribution in [-0.4, -0.2) is 24.9 Å². The van der Waals surface area contributed by atoms with Crippen molar-refractivity contribution < 1.29 is 8.42 Å². The van der Waals surface area contributed by atoms with Crippen molar-refractivity contribution in [2.24, 2.45) is 0 Å². The highest BCUT2D eigenvalue weighted by Gasteiger charge is 2.23. The topological polar surface area (TPSA) is 113 Å². The van der Waals surface area contributed by atoms with Crippen molar-refractivity contribution in [3.05, 3.63) is 66.0 Å². The van der Waals surface area contributed by atoms with Crippen LogP contribution in [0.25, 0.3) is 0 Å². The zero-order valence-corrected chi connectivity index (χ0v) is 16.8. The summed E-state index contributed by atoms with van der Waals surface area (Å²) in [7, 11) is -3.77. The van der Waals surface area contributed by atoms with Crippen molar-refractivity contribution in [1.29, 1.82) is 0 Å². The van der Waals surface area contributed by atoms with E-state index in [-0.39, 0.29) is 16.4 Å². The molecule has 9 heteroatoms. The Morgan fingerprint density at radius 3 is 2.62 bits per heavy atom. The van der Waals surface area contributed by atoms with Crippen molar-refractivity contribution in [2.75, 3.05) is 22.6 Å². The molecule has 29 heavy (non-hydrogen) atoms. The summed E-state index contributed by atoms with van der Waals surface area (Å²) in [5.41, 5.74) is 12.5. The van der Waals surface area contributed by atoms with Crippen LogP contribution in [0.3, 0.4) is 0 Å². The summed E-state index contributed by atoms with van der Waals surface area (Å²) in [6, 6.07) is 14.7. The molecule has 0 saturated heterocycles. The van der Waals surface area contributed by atoms with Crippen LogP contribution in [-0.2, 0) is 16.4 Å². The first-order valence-electron chi connectivity index (χ1n) is 9.26. The van der Waals surface area contributed by atoms with Crippen LogP contribution < -0.4 is 20.9 Å². The maximum Gasteiger partial charge on any atom is 0.257 e. The molecule has 0 saturated carbocycles. The van der Waals surface area contributed by atoms with Gasteiger partial charge < -0.3 is 10.6 Å². The Morgan fingerprint density at radius 1 is 1.07 bits per heavy atom. The Bertz CT molecular complexity index is 1130. The lowest BCUT2D eigenvalue weighted by atomic mass is 10.0. The van der Waals surface area contributed by atoms with Gasteiger partial charge in [0.15, 0.2) is 11.6 Å². The number of aryl methyl sites for hydroxylation is 2. The van der Waals surface area contributed by atoms with Gasteiger partial charge in [-0.25, -0.2) is 18.4 Å². The van der Waals surface area contributed by atoms with E-state index in [9.17, 15) is 8.42 Å². The number of rotatable bonds is 5. The van der Waals surface area contributed by atoms with Gasteiger partial charge in [-0.05, 0) is 43.5 Å². The van der Waals surface area contributed by atoms with Crippen molar-refractivity contribution in [3.8, 4) is 0 Å². The van der Waals surface area contributed by atoms with Gasteiger partial charge in [0.25, 0.3) is 10.0 Å². The predicted octanol–water partition coefficient (Wildman–Crippen LogP) is 2.76. The number of sulfonamides is 1. The highest BCUT2D eigenvalue weighted by atomic mass is 32.2. The lowest BCUT2D eigenvalue weighted by molar-refractivity contribution is 0.587. The quantitative estimate of drug-likeness (QED) is 0.554. The zero-order valence-electron chi connectivity index (χ0n) is 16.0. The Kier molecular flexibility index (Phi) is 5.08. The highest BCUT2D eigenvalue weighted by Crippen LogP contribution is 2.36. The van der Waals surface area contributed by atoms with Crippen LogP contribution in [0.15, 0.2) is 59.8 Å². The molecule has 0 aliphatic carbocycles. The third-order valence-corrected chi connectivity index (χ3v) is 6.13. The van der Waals surface area contributed by atoms with Crippen LogP contribution in [0.1, 0.15) is 17.5 Å². The summed E-state index contributed by atoms with van der Waals surface area (Å²) in [5.74, 6) is 0.748. The molecule has 0 amide bonds. The van der Waals surface area contributed by atoms with E-state index in [4.69, 9.17) is 5.73 Å². The fourth-order valence-electron chi connectivity index (χ4n) is 3.35.